The van der Waals surface area contributed by atoms with Crippen LogP contribution in [0.2, 0.25) is 0 Å². The molecule has 166 valence electrons. The molecule has 9 heteroatoms. The molecule has 0 aromatic heterocycles. The number of carbonyl (C=O) groups excluding carboxylic acids is 3. The van der Waals surface area contributed by atoms with Crippen LogP contribution in [-0.4, -0.2) is 47.9 Å². The normalized spacial score (nSPS) is 10.9. The van der Waals surface area contributed by atoms with E-state index in [0.29, 0.717) is 11.1 Å². The van der Waals surface area contributed by atoms with Gasteiger partial charge in [-0.2, -0.15) is 0 Å². The Kier molecular flexibility index (Phi) is 8.39. The second kappa shape index (κ2) is 11.0. The second-order valence-electron chi connectivity index (χ2n) is 6.70. The molecule has 0 aliphatic rings. The maximum absolute atomic E-state index is 12.3. The van der Waals surface area contributed by atoms with Crippen LogP contribution in [0.5, 0.6) is 11.5 Å². The van der Waals surface area contributed by atoms with Gasteiger partial charge in [0.1, 0.15) is 24.7 Å². The molecule has 2 rings (SSSR count). The summed E-state index contributed by atoms with van der Waals surface area (Å²) in [6.07, 6.45) is -1.13. The number of hydrogen-bond acceptors (Lipinski definition) is 9. The summed E-state index contributed by atoms with van der Waals surface area (Å²) in [4.78, 5) is 37.0. The van der Waals surface area contributed by atoms with Crippen LogP contribution < -0.4 is 0 Å². The van der Waals surface area contributed by atoms with Gasteiger partial charge in [-0.05, 0) is 35.4 Å². The molecule has 0 aliphatic heterocycles. The van der Waals surface area contributed by atoms with Crippen molar-refractivity contribution in [3.63, 3.8) is 0 Å². The molecule has 2 aromatic rings. The first-order valence-electron chi connectivity index (χ1n) is 9.28. The third-order valence-corrected chi connectivity index (χ3v) is 4.48. The molecule has 0 aliphatic carbocycles. The predicted molar refractivity (Wildman–Crippen MR) is 107 cm³/mol. The fourth-order valence-electron chi connectivity index (χ4n) is 2.70. The average Bonchev–Trinajstić information content (AvgIpc) is 2.77. The highest BCUT2D eigenvalue weighted by Crippen LogP contribution is 2.25. The third kappa shape index (κ3) is 7.00. The molecule has 31 heavy (non-hydrogen) atoms. The van der Waals surface area contributed by atoms with Crippen molar-refractivity contribution >= 4 is 17.9 Å². The lowest BCUT2D eigenvalue weighted by Gasteiger charge is -2.27. The molecule has 0 fully saturated rings. The maximum Gasteiger partial charge on any atom is 0.339 e. The van der Waals surface area contributed by atoms with Gasteiger partial charge in [-0.1, -0.05) is 24.3 Å². The summed E-state index contributed by atoms with van der Waals surface area (Å²) in [6, 6.07) is 12.1. The summed E-state index contributed by atoms with van der Waals surface area (Å²) in [6.45, 7) is -0.184. The van der Waals surface area contributed by atoms with Crippen LogP contribution in [0.1, 0.15) is 24.0 Å². The molecule has 0 saturated carbocycles. The van der Waals surface area contributed by atoms with Crippen molar-refractivity contribution in [1.29, 1.82) is 0 Å². The highest BCUT2D eigenvalue weighted by atomic mass is 16.6. The zero-order valence-corrected chi connectivity index (χ0v) is 17.2. The molecule has 0 atom stereocenters. The van der Waals surface area contributed by atoms with E-state index in [1.54, 1.807) is 24.3 Å². The van der Waals surface area contributed by atoms with Crippen LogP contribution in [0, 0.1) is 0 Å². The first kappa shape index (κ1) is 23.7. The predicted octanol–water partition coefficient (Wildman–Crippen LogP) is 2.22. The van der Waals surface area contributed by atoms with E-state index in [-0.39, 0.29) is 24.7 Å². The monoisotopic (exact) mass is 432 g/mol. The first-order chi connectivity index (χ1) is 14.8. The molecule has 0 spiro atoms. The van der Waals surface area contributed by atoms with E-state index in [2.05, 4.69) is 0 Å². The number of ether oxygens (including phenoxy) is 4. The van der Waals surface area contributed by atoms with E-state index in [4.69, 9.17) is 18.9 Å². The Bertz CT molecular complexity index is 825. The van der Waals surface area contributed by atoms with E-state index in [1.807, 2.05) is 0 Å². The van der Waals surface area contributed by atoms with Gasteiger partial charge in [0, 0.05) is 7.11 Å². The molecule has 0 radical (unpaired) electrons. The lowest BCUT2D eigenvalue weighted by molar-refractivity contribution is -0.180. The number of phenolic OH excluding ortho intramolecular Hbond substituents is 2. The van der Waals surface area contributed by atoms with E-state index in [9.17, 15) is 24.6 Å². The van der Waals surface area contributed by atoms with E-state index in [0.717, 1.165) is 7.11 Å². The lowest BCUT2D eigenvalue weighted by atomic mass is 9.95. The largest absolute Gasteiger partial charge is 0.508 e. The minimum atomic E-state index is -1.91. The van der Waals surface area contributed by atoms with Crippen molar-refractivity contribution < 1.29 is 43.5 Å². The topological polar surface area (TPSA) is 129 Å². The van der Waals surface area contributed by atoms with Gasteiger partial charge in [0.15, 0.2) is 5.60 Å². The Morgan fingerprint density at radius 3 is 1.45 bits per heavy atom. The number of phenols is 2. The van der Waals surface area contributed by atoms with Crippen molar-refractivity contribution in [2.75, 3.05) is 14.2 Å². The van der Waals surface area contributed by atoms with Gasteiger partial charge in [-0.25, -0.2) is 4.79 Å². The van der Waals surface area contributed by atoms with Gasteiger partial charge < -0.3 is 29.2 Å². The van der Waals surface area contributed by atoms with E-state index < -0.39 is 36.4 Å². The standard InChI is InChI=1S/C22H24O9/c1-28-21(27)22(29-2,11-19(25)30-13-15-3-7-17(23)8-4-15)12-20(26)31-14-16-5-9-18(24)10-6-16/h3-10,23-24H,11-14H2,1-2H3. The molecule has 0 saturated heterocycles. The zero-order chi connectivity index (χ0) is 22.9. The van der Waals surface area contributed by atoms with Crippen LogP contribution in [0.3, 0.4) is 0 Å². The van der Waals surface area contributed by atoms with Crippen LogP contribution in [0.25, 0.3) is 0 Å². The van der Waals surface area contributed by atoms with Crippen LogP contribution >= 0.6 is 0 Å². The number of esters is 3. The maximum atomic E-state index is 12.3. The summed E-state index contributed by atoms with van der Waals surface area (Å²) in [5.41, 5.74) is -0.659. The number of carbonyl (C=O) groups is 3. The van der Waals surface area contributed by atoms with Crippen molar-refractivity contribution in [3.8, 4) is 11.5 Å². The second-order valence-corrected chi connectivity index (χ2v) is 6.70. The lowest BCUT2D eigenvalue weighted by Crippen LogP contribution is -2.46. The van der Waals surface area contributed by atoms with Crippen LogP contribution in [0.15, 0.2) is 48.5 Å². The quantitative estimate of drug-likeness (QED) is 0.429. The van der Waals surface area contributed by atoms with Crippen molar-refractivity contribution in [3.05, 3.63) is 59.7 Å². The van der Waals surface area contributed by atoms with Gasteiger partial charge >= 0.3 is 17.9 Å². The van der Waals surface area contributed by atoms with E-state index >= 15 is 0 Å². The molecule has 9 nitrogen and oxygen atoms in total. The Morgan fingerprint density at radius 2 is 1.13 bits per heavy atom. The fraction of sp³-hybridized carbons (Fsp3) is 0.318. The van der Waals surface area contributed by atoms with Crippen molar-refractivity contribution in [1.82, 2.24) is 0 Å². The van der Waals surface area contributed by atoms with Gasteiger partial charge in [0.2, 0.25) is 0 Å². The minimum Gasteiger partial charge on any atom is -0.508 e. The SMILES string of the molecule is COC(=O)C(CC(=O)OCc1ccc(O)cc1)(CC(=O)OCc1ccc(O)cc1)OC. The van der Waals surface area contributed by atoms with Crippen molar-refractivity contribution in [2.45, 2.75) is 31.7 Å². The number of rotatable bonds is 10. The van der Waals surface area contributed by atoms with Gasteiger partial charge in [-0.15, -0.1) is 0 Å². The third-order valence-electron chi connectivity index (χ3n) is 4.48. The van der Waals surface area contributed by atoms with Crippen molar-refractivity contribution in [2.24, 2.45) is 0 Å². The van der Waals surface area contributed by atoms with Crippen LogP contribution in [-0.2, 0) is 46.5 Å². The Morgan fingerprint density at radius 1 is 0.742 bits per heavy atom. The number of aromatic hydroxyl groups is 2. The molecular weight excluding hydrogens is 408 g/mol. The first-order valence-corrected chi connectivity index (χ1v) is 9.28. The number of benzene rings is 2. The minimum absolute atomic E-state index is 0.0741. The smallest absolute Gasteiger partial charge is 0.339 e. The summed E-state index contributed by atoms with van der Waals surface area (Å²) in [5.74, 6) is -2.34. The Balaban J connectivity index is 2.00. The molecule has 0 unspecified atom stereocenters. The number of methoxy groups -OCH3 is 2. The molecule has 2 N–H and O–H groups in total. The molecule has 0 bridgehead atoms. The molecule has 0 amide bonds. The molecule has 0 heterocycles. The van der Waals surface area contributed by atoms with Gasteiger partial charge in [0.25, 0.3) is 0 Å². The highest BCUT2D eigenvalue weighted by molar-refractivity contribution is 5.90. The summed E-state index contributed by atoms with van der Waals surface area (Å²) in [7, 11) is 2.29. The highest BCUT2D eigenvalue weighted by Gasteiger charge is 2.45. The van der Waals surface area contributed by atoms with Gasteiger partial charge in [0.05, 0.1) is 20.0 Å². The fourth-order valence-corrected chi connectivity index (χ4v) is 2.70. The Hall–Kier alpha value is -3.59. The summed E-state index contributed by atoms with van der Waals surface area (Å²) >= 11 is 0. The number of hydrogen-bond donors (Lipinski definition) is 2. The van der Waals surface area contributed by atoms with Gasteiger partial charge in [-0.3, -0.25) is 9.59 Å². The average molecular weight is 432 g/mol. The Labute approximate surface area is 179 Å². The van der Waals surface area contributed by atoms with E-state index in [1.165, 1.54) is 31.4 Å². The summed E-state index contributed by atoms with van der Waals surface area (Å²) < 4.78 is 20.3. The van der Waals surface area contributed by atoms with Crippen LogP contribution in [0.4, 0.5) is 0 Å². The molecule has 2 aromatic carbocycles. The summed E-state index contributed by atoms with van der Waals surface area (Å²) in [5, 5.41) is 18.6. The zero-order valence-electron chi connectivity index (χ0n) is 17.2. The molecular formula is C22H24O9.